The van der Waals surface area contributed by atoms with Gasteiger partial charge in [0.05, 0.1) is 12.1 Å². The maximum Gasteiger partial charge on any atom is 0.242 e. The number of nitrogens with two attached hydrogens (primary N) is 1. The highest BCUT2D eigenvalue weighted by Crippen LogP contribution is 2.21. The second kappa shape index (κ2) is 14.8. The fourth-order valence-electron chi connectivity index (χ4n) is 4.64. The summed E-state index contributed by atoms with van der Waals surface area (Å²) >= 11 is 0. The van der Waals surface area contributed by atoms with E-state index >= 15 is 0 Å². The fraction of sp³-hybridized carbons (Fsp3) is 0.344. The first-order chi connectivity index (χ1) is 19.1. The Kier molecular flexibility index (Phi) is 11.3. The molecule has 0 aliphatic carbocycles. The predicted octanol–water partition coefficient (Wildman–Crippen LogP) is 2.86. The lowest BCUT2D eigenvalue weighted by molar-refractivity contribution is -0.129. The number of hydrogen-bond donors (Lipinski definition) is 5. The Hall–Kier alpha value is -4.17. The standard InChI is InChI=1S/C32H40N4O4/c1-21-16-27(37)17-22(2)28(21)19-29(33)32(40)35-23(3)31(39)34-20-26(18-25-12-8-5-9-13-25)36-30(38)15-14-24-10-6-4-7-11-24/h4-13,16-17,23,26,29,37H,14-15,18-20,33H2,1-3H3,(H,34,39)(H,35,40)(H,36,38)/t23-,26+,29+/m1/s1. The van der Waals surface area contributed by atoms with Crippen LogP contribution in [0.15, 0.2) is 72.8 Å². The van der Waals surface area contributed by atoms with E-state index in [1.807, 2.05) is 74.5 Å². The molecule has 0 saturated carbocycles. The van der Waals surface area contributed by atoms with Gasteiger partial charge < -0.3 is 26.8 Å². The van der Waals surface area contributed by atoms with Crippen molar-refractivity contribution in [3.05, 3.63) is 101 Å². The topological polar surface area (TPSA) is 134 Å². The van der Waals surface area contributed by atoms with Crippen LogP contribution in [0.4, 0.5) is 0 Å². The molecule has 3 aromatic rings. The molecule has 8 heteroatoms. The molecule has 0 fully saturated rings. The quantitative estimate of drug-likeness (QED) is 0.226. The number of hydrogen-bond acceptors (Lipinski definition) is 5. The van der Waals surface area contributed by atoms with Crippen molar-refractivity contribution in [1.82, 2.24) is 16.0 Å². The summed E-state index contributed by atoms with van der Waals surface area (Å²) in [6.07, 6.45) is 1.80. The molecule has 0 aliphatic rings. The van der Waals surface area contributed by atoms with Gasteiger partial charge in [0.1, 0.15) is 11.8 Å². The van der Waals surface area contributed by atoms with Crippen molar-refractivity contribution in [2.24, 2.45) is 5.73 Å². The zero-order valence-corrected chi connectivity index (χ0v) is 23.4. The number of amides is 3. The molecule has 0 aromatic heterocycles. The highest BCUT2D eigenvalue weighted by molar-refractivity contribution is 5.89. The Morgan fingerprint density at radius 3 is 2.00 bits per heavy atom. The number of carbonyl (C=O) groups is 3. The van der Waals surface area contributed by atoms with Crippen LogP contribution < -0.4 is 21.7 Å². The summed E-state index contributed by atoms with van der Waals surface area (Å²) in [6.45, 7) is 5.52. The molecule has 212 valence electrons. The minimum absolute atomic E-state index is 0.0915. The van der Waals surface area contributed by atoms with E-state index in [2.05, 4.69) is 16.0 Å². The molecule has 0 saturated heterocycles. The molecule has 0 spiro atoms. The van der Waals surface area contributed by atoms with Gasteiger partial charge in [-0.25, -0.2) is 0 Å². The Morgan fingerprint density at radius 2 is 1.40 bits per heavy atom. The molecule has 40 heavy (non-hydrogen) atoms. The predicted molar refractivity (Wildman–Crippen MR) is 157 cm³/mol. The van der Waals surface area contributed by atoms with E-state index < -0.39 is 18.0 Å². The summed E-state index contributed by atoms with van der Waals surface area (Å²) in [7, 11) is 0. The SMILES string of the molecule is Cc1cc(O)cc(C)c1C[C@H](N)C(=O)N[C@H](C)C(=O)NC[C@H](Cc1ccccc1)NC(=O)CCc1ccccc1. The zero-order chi connectivity index (χ0) is 29.1. The third kappa shape index (κ3) is 9.54. The van der Waals surface area contributed by atoms with Crippen LogP contribution in [-0.2, 0) is 33.6 Å². The lowest BCUT2D eigenvalue weighted by Crippen LogP contribution is -2.53. The van der Waals surface area contributed by atoms with E-state index in [4.69, 9.17) is 5.73 Å². The van der Waals surface area contributed by atoms with Crippen LogP contribution in [0.3, 0.4) is 0 Å². The highest BCUT2D eigenvalue weighted by Gasteiger charge is 2.23. The fourth-order valence-corrected chi connectivity index (χ4v) is 4.64. The molecule has 0 unspecified atom stereocenters. The van der Waals surface area contributed by atoms with Gasteiger partial charge in [0.15, 0.2) is 0 Å². The summed E-state index contributed by atoms with van der Waals surface area (Å²) < 4.78 is 0. The first-order valence-electron chi connectivity index (χ1n) is 13.6. The molecule has 0 radical (unpaired) electrons. The minimum atomic E-state index is -0.855. The number of benzene rings is 3. The van der Waals surface area contributed by atoms with Crippen LogP contribution in [0.1, 0.15) is 41.2 Å². The van der Waals surface area contributed by atoms with Gasteiger partial charge in [-0.2, -0.15) is 0 Å². The smallest absolute Gasteiger partial charge is 0.242 e. The molecular formula is C32H40N4O4. The van der Waals surface area contributed by atoms with Gasteiger partial charge in [-0.1, -0.05) is 60.7 Å². The van der Waals surface area contributed by atoms with Crippen LogP contribution >= 0.6 is 0 Å². The van der Waals surface area contributed by atoms with Gasteiger partial charge in [0.2, 0.25) is 17.7 Å². The van der Waals surface area contributed by atoms with E-state index in [1.54, 1.807) is 19.1 Å². The first-order valence-corrected chi connectivity index (χ1v) is 13.6. The van der Waals surface area contributed by atoms with E-state index in [0.717, 1.165) is 27.8 Å². The van der Waals surface area contributed by atoms with Crippen LogP contribution in [0.25, 0.3) is 0 Å². The number of phenols is 1. The largest absolute Gasteiger partial charge is 0.508 e. The summed E-state index contributed by atoms with van der Waals surface area (Å²) in [5.41, 5.74) is 10.9. The van der Waals surface area contributed by atoms with Gasteiger partial charge in [0.25, 0.3) is 0 Å². The van der Waals surface area contributed by atoms with Crippen LogP contribution in [0, 0.1) is 13.8 Å². The lowest BCUT2D eigenvalue weighted by Gasteiger charge is -2.22. The Morgan fingerprint density at radius 1 is 0.825 bits per heavy atom. The number of rotatable bonds is 13. The molecule has 8 nitrogen and oxygen atoms in total. The molecule has 6 N–H and O–H groups in total. The molecular weight excluding hydrogens is 504 g/mol. The van der Waals surface area contributed by atoms with E-state index in [-0.39, 0.29) is 36.6 Å². The van der Waals surface area contributed by atoms with Crippen molar-refractivity contribution < 1.29 is 19.5 Å². The van der Waals surface area contributed by atoms with Crippen molar-refractivity contribution in [3.8, 4) is 5.75 Å². The summed E-state index contributed by atoms with van der Waals surface area (Å²) in [5, 5.41) is 18.4. The van der Waals surface area contributed by atoms with Crippen molar-refractivity contribution in [2.45, 2.75) is 64.6 Å². The minimum Gasteiger partial charge on any atom is -0.508 e. The van der Waals surface area contributed by atoms with E-state index in [1.165, 1.54) is 0 Å². The van der Waals surface area contributed by atoms with E-state index in [9.17, 15) is 19.5 Å². The molecule has 3 amide bonds. The average Bonchev–Trinajstić information content (AvgIpc) is 2.93. The summed E-state index contributed by atoms with van der Waals surface area (Å²) in [6, 6.07) is 20.9. The van der Waals surface area contributed by atoms with Crippen LogP contribution in [-0.4, -0.2) is 47.5 Å². The van der Waals surface area contributed by atoms with Crippen molar-refractivity contribution >= 4 is 17.7 Å². The maximum atomic E-state index is 12.9. The Labute approximate surface area is 236 Å². The van der Waals surface area contributed by atoms with Crippen LogP contribution in [0.2, 0.25) is 0 Å². The first kappa shape index (κ1) is 30.4. The second-order valence-electron chi connectivity index (χ2n) is 10.3. The van der Waals surface area contributed by atoms with Gasteiger partial charge in [-0.3, -0.25) is 14.4 Å². The number of aromatic hydroxyl groups is 1. The van der Waals surface area contributed by atoms with Crippen LogP contribution in [0.5, 0.6) is 5.75 Å². The molecule has 3 rings (SSSR count). The molecule has 3 aromatic carbocycles. The summed E-state index contributed by atoms with van der Waals surface area (Å²) in [4.78, 5) is 38.3. The maximum absolute atomic E-state index is 12.9. The molecule has 3 atom stereocenters. The second-order valence-corrected chi connectivity index (χ2v) is 10.3. The molecule has 0 aliphatic heterocycles. The number of phenolic OH excluding ortho intramolecular Hbond substituents is 1. The third-order valence-electron chi connectivity index (χ3n) is 6.89. The zero-order valence-electron chi connectivity index (χ0n) is 23.4. The molecule has 0 heterocycles. The van der Waals surface area contributed by atoms with Crippen molar-refractivity contribution in [2.75, 3.05) is 6.54 Å². The van der Waals surface area contributed by atoms with Gasteiger partial charge in [-0.15, -0.1) is 0 Å². The third-order valence-corrected chi connectivity index (χ3v) is 6.89. The van der Waals surface area contributed by atoms with Gasteiger partial charge in [-0.05, 0) is 80.0 Å². The van der Waals surface area contributed by atoms with Gasteiger partial charge >= 0.3 is 0 Å². The monoisotopic (exact) mass is 544 g/mol. The molecule has 0 bridgehead atoms. The van der Waals surface area contributed by atoms with Crippen molar-refractivity contribution in [1.29, 1.82) is 0 Å². The average molecular weight is 545 g/mol. The Balaban J connectivity index is 1.54. The number of carbonyl (C=O) groups excluding carboxylic acids is 3. The number of aryl methyl sites for hydroxylation is 3. The highest BCUT2D eigenvalue weighted by atomic mass is 16.3. The van der Waals surface area contributed by atoms with E-state index in [0.29, 0.717) is 19.3 Å². The summed E-state index contributed by atoms with van der Waals surface area (Å²) in [5.74, 6) is -0.732. The lowest BCUT2D eigenvalue weighted by atomic mass is 9.96. The normalized spacial score (nSPS) is 13.1. The van der Waals surface area contributed by atoms with Crippen molar-refractivity contribution in [3.63, 3.8) is 0 Å². The number of nitrogens with one attached hydrogen (secondary N) is 3. The Bertz CT molecular complexity index is 1260. The van der Waals surface area contributed by atoms with Gasteiger partial charge in [0, 0.05) is 13.0 Å².